The predicted molar refractivity (Wildman–Crippen MR) is 154 cm³/mol. The third kappa shape index (κ3) is 5.94. The topological polar surface area (TPSA) is 103 Å². The van der Waals surface area contributed by atoms with Crippen LogP contribution in [-0.2, 0) is 20.7 Å². The maximum absolute atomic E-state index is 14.6. The first kappa shape index (κ1) is 29.1. The average molecular weight is 593 g/mol. The highest BCUT2D eigenvalue weighted by Gasteiger charge is 2.23. The molecule has 5 rings (SSSR count). The Balaban J connectivity index is 1.59. The minimum atomic E-state index is -0.994. The highest BCUT2D eigenvalue weighted by atomic mass is 35.5. The number of amides is 1. The van der Waals surface area contributed by atoms with Gasteiger partial charge in [0.25, 0.3) is 5.56 Å². The van der Waals surface area contributed by atoms with Gasteiger partial charge < -0.3 is 10.1 Å². The molecule has 0 aliphatic carbocycles. The molecule has 1 amide bonds. The predicted octanol–water partition coefficient (Wildman–Crippen LogP) is 5.97. The van der Waals surface area contributed by atoms with Gasteiger partial charge in [-0.15, -0.1) is 0 Å². The quantitative estimate of drug-likeness (QED) is 0.231. The molecule has 4 aromatic rings. The van der Waals surface area contributed by atoms with Gasteiger partial charge in [-0.1, -0.05) is 37.1 Å². The minimum absolute atomic E-state index is 0.0413. The van der Waals surface area contributed by atoms with E-state index in [2.05, 4.69) is 15.3 Å². The van der Waals surface area contributed by atoms with E-state index in [1.165, 1.54) is 18.0 Å². The smallest absolute Gasteiger partial charge is 0.309 e. The van der Waals surface area contributed by atoms with Crippen molar-refractivity contribution in [1.29, 1.82) is 0 Å². The van der Waals surface area contributed by atoms with Crippen LogP contribution in [-0.4, -0.2) is 33.5 Å². The van der Waals surface area contributed by atoms with Gasteiger partial charge in [0.1, 0.15) is 5.82 Å². The van der Waals surface area contributed by atoms with Gasteiger partial charge in [0.2, 0.25) is 5.91 Å². The number of nitrogens with one attached hydrogen (secondary N) is 1. The molecule has 8 nitrogen and oxygen atoms in total. The van der Waals surface area contributed by atoms with Crippen molar-refractivity contribution in [2.75, 3.05) is 12.4 Å². The summed E-state index contributed by atoms with van der Waals surface area (Å²) in [6.07, 6.45) is 4.56. The van der Waals surface area contributed by atoms with Crippen molar-refractivity contribution in [3.63, 3.8) is 0 Å². The minimum Gasteiger partial charge on any atom is -0.469 e. The van der Waals surface area contributed by atoms with Gasteiger partial charge in [-0.05, 0) is 54.3 Å². The zero-order valence-electron chi connectivity index (χ0n) is 22.9. The number of rotatable bonds is 4. The maximum Gasteiger partial charge on any atom is 0.309 e. The number of carbonyl (C=O) groups excluding carboxylic acids is 2. The fraction of sp³-hybridized carbons (Fsp3) is 0.258. The van der Waals surface area contributed by atoms with Crippen LogP contribution in [0.5, 0.6) is 0 Å². The van der Waals surface area contributed by atoms with Gasteiger partial charge in [-0.2, -0.15) is 0 Å². The number of anilines is 1. The normalized spacial score (nSPS) is 16.9. The second kappa shape index (κ2) is 12.2. The summed E-state index contributed by atoms with van der Waals surface area (Å²) in [6, 6.07) is 11.6. The van der Waals surface area contributed by atoms with Crippen molar-refractivity contribution in [1.82, 2.24) is 14.5 Å². The first-order valence-electron chi connectivity index (χ1n) is 13.3. The molecule has 2 atom stereocenters. The number of halogens is 3. The molecular formula is C31H27ClF2N4O4. The fourth-order valence-corrected chi connectivity index (χ4v) is 5.24. The third-order valence-electron chi connectivity index (χ3n) is 7.40. The Morgan fingerprint density at radius 2 is 1.88 bits per heavy atom. The first-order chi connectivity index (χ1) is 20.2. The van der Waals surface area contributed by atoms with E-state index in [4.69, 9.17) is 16.3 Å². The second-order valence-corrected chi connectivity index (χ2v) is 10.6. The number of fused-ring (bicyclic) bond motifs is 4. The lowest BCUT2D eigenvalue weighted by atomic mass is 9.94. The van der Waals surface area contributed by atoms with Gasteiger partial charge in [-0.3, -0.25) is 23.9 Å². The molecule has 2 aromatic heterocycles. The number of aromatic nitrogens is 3. The lowest BCUT2D eigenvalue weighted by Crippen LogP contribution is -2.27. The lowest BCUT2D eigenvalue weighted by Gasteiger charge is -2.23. The average Bonchev–Trinajstić information content (AvgIpc) is 2.97. The van der Waals surface area contributed by atoms with Crippen LogP contribution in [0.15, 0.2) is 65.8 Å². The van der Waals surface area contributed by atoms with E-state index < -0.39 is 34.8 Å². The molecule has 216 valence electrons. The van der Waals surface area contributed by atoms with E-state index in [0.29, 0.717) is 41.8 Å². The summed E-state index contributed by atoms with van der Waals surface area (Å²) in [5.41, 5.74) is 1.97. The molecule has 1 aliphatic rings. The van der Waals surface area contributed by atoms with Crippen LogP contribution in [0, 0.1) is 17.6 Å². The van der Waals surface area contributed by atoms with Crippen LogP contribution in [0.4, 0.5) is 14.5 Å². The number of benzene rings is 2. The summed E-state index contributed by atoms with van der Waals surface area (Å²) in [5, 5.41) is 2.71. The molecule has 3 heterocycles. The monoisotopic (exact) mass is 592 g/mol. The van der Waals surface area contributed by atoms with Crippen molar-refractivity contribution in [2.45, 2.75) is 38.6 Å². The number of nitrogens with zero attached hydrogens (tertiary/aromatic N) is 3. The molecule has 11 heteroatoms. The van der Waals surface area contributed by atoms with E-state index in [1.807, 2.05) is 13.0 Å². The summed E-state index contributed by atoms with van der Waals surface area (Å²) >= 11 is 5.84. The van der Waals surface area contributed by atoms with Gasteiger partial charge in [0, 0.05) is 23.7 Å². The second-order valence-electron chi connectivity index (χ2n) is 10.2. The summed E-state index contributed by atoms with van der Waals surface area (Å²) < 4.78 is 35.3. The Hall–Kier alpha value is -4.44. The molecular weight excluding hydrogens is 566 g/mol. The SMILES string of the molecule is COC(=O)Cc1ccc2c(c1)NC(=O)[C@H](C)CCC[C@H](n1cnc(-c3c(F)ccc(Cl)c3F)cc1=O)c1ccnc-2c1. The highest BCUT2D eigenvalue weighted by molar-refractivity contribution is 6.31. The van der Waals surface area contributed by atoms with Gasteiger partial charge in [0.05, 0.1) is 53.6 Å². The molecule has 0 unspecified atom stereocenters. The number of methoxy groups -OCH3 is 1. The Labute approximate surface area is 245 Å². The zero-order valence-corrected chi connectivity index (χ0v) is 23.6. The lowest BCUT2D eigenvalue weighted by molar-refractivity contribution is -0.139. The molecule has 2 aromatic carbocycles. The molecule has 0 saturated carbocycles. The summed E-state index contributed by atoms with van der Waals surface area (Å²) in [7, 11) is 1.31. The molecule has 2 bridgehead atoms. The Kier molecular flexibility index (Phi) is 8.44. The van der Waals surface area contributed by atoms with Crippen molar-refractivity contribution in [3.05, 3.63) is 99.2 Å². The van der Waals surface area contributed by atoms with Crippen LogP contribution in [0.25, 0.3) is 22.5 Å². The van der Waals surface area contributed by atoms with Crippen molar-refractivity contribution < 1.29 is 23.1 Å². The molecule has 42 heavy (non-hydrogen) atoms. The van der Waals surface area contributed by atoms with Crippen LogP contribution in [0.3, 0.4) is 0 Å². The first-order valence-corrected chi connectivity index (χ1v) is 13.7. The van der Waals surface area contributed by atoms with E-state index in [1.54, 1.807) is 30.5 Å². The van der Waals surface area contributed by atoms with E-state index in [0.717, 1.165) is 23.8 Å². The Morgan fingerprint density at radius 1 is 1.07 bits per heavy atom. The van der Waals surface area contributed by atoms with E-state index in [9.17, 15) is 23.2 Å². The molecule has 1 N–H and O–H groups in total. The standard InChI is InChI=1S/C31H27ClF2N4O4/c1-17-4-3-5-26(38-16-36-25(15-27(38)39)29-22(33)9-8-21(32)30(29)34)19-10-11-35-23(14-19)20-7-6-18(13-28(40)42-2)12-24(20)37-31(17)41/h6-12,14-17,26H,3-5,13H2,1-2H3,(H,37,41)/t17-,26+/m1/s1. The number of hydrogen-bond donors (Lipinski definition) is 1. The van der Waals surface area contributed by atoms with Gasteiger partial charge in [0.15, 0.2) is 5.82 Å². The van der Waals surface area contributed by atoms with Crippen LogP contribution >= 0.6 is 11.6 Å². The van der Waals surface area contributed by atoms with E-state index >= 15 is 0 Å². The summed E-state index contributed by atoms with van der Waals surface area (Å²) in [4.78, 5) is 47.1. The van der Waals surface area contributed by atoms with Crippen molar-refractivity contribution in [2.24, 2.45) is 5.92 Å². The number of pyridine rings is 1. The van der Waals surface area contributed by atoms with Crippen LogP contribution < -0.4 is 10.9 Å². The molecule has 0 spiro atoms. The van der Waals surface area contributed by atoms with Crippen molar-refractivity contribution >= 4 is 29.2 Å². The maximum atomic E-state index is 14.6. The Bertz CT molecular complexity index is 1740. The highest BCUT2D eigenvalue weighted by Crippen LogP contribution is 2.34. The number of ether oxygens (including phenoxy) is 1. The summed E-state index contributed by atoms with van der Waals surface area (Å²) in [6.45, 7) is 1.82. The fourth-order valence-electron chi connectivity index (χ4n) is 5.08. The van der Waals surface area contributed by atoms with E-state index in [-0.39, 0.29) is 29.0 Å². The Morgan fingerprint density at radius 3 is 2.64 bits per heavy atom. The van der Waals surface area contributed by atoms with Gasteiger partial charge >= 0.3 is 5.97 Å². The third-order valence-corrected chi connectivity index (χ3v) is 7.69. The molecule has 0 radical (unpaired) electrons. The molecule has 0 fully saturated rings. The summed E-state index contributed by atoms with van der Waals surface area (Å²) in [5.74, 6) is -2.82. The van der Waals surface area contributed by atoms with Gasteiger partial charge in [-0.25, -0.2) is 13.8 Å². The molecule has 0 saturated heterocycles. The largest absolute Gasteiger partial charge is 0.469 e. The van der Waals surface area contributed by atoms with Crippen LogP contribution in [0.1, 0.15) is 43.4 Å². The van der Waals surface area contributed by atoms with Crippen molar-refractivity contribution in [3.8, 4) is 22.5 Å². The van der Waals surface area contributed by atoms with Crippen LogP contribution in [0.2, 0.25) is 5.02 Å². The molecule has 1 aliphatic heterocycles. The number of hydrogen-bond acceptors (Lipinski definition) is 6. The number of esters is 1. The number of carbonyl (C=O) groups is 2. The zero-order chi connectivity index (χ0) is 30.0.